The molecule has 23 heavy (non-hydrogen) atoms. The van der Waals surface area contributed by atoms with Crippen LogP contribution in [0.1, 0.15) is 43.0 Å². The van der Waals surface area contributed by atoms with Crippen molar-refractivity contribution in [2.24, 2.45) is 0 Å². The molecular weight excluding hydrogens is 318 g/mol. The number of sulfonamides is 1. The number of rotatable bonds is 3. The number of hydrogen-bond acceptors (Lipinski definition) is 4. The Bertz CT molecular complexity index is 680. The first-order valence-corrected chi connectivity index (χ1v) is 9.02. The second-order valence-electron chi connectivity index (χ2n) is 5.48. The number of amides is 2. The molecule has 0 radical (unpaired) electrons. The molecular formula is C15H21N3O4S. The third-order valence-electron chi connectivity index (χ3n) is 3.65. The van der Waals surface area contributed by atoms with E-state index in [2.05, 4.69) is 10.9 Å². The zero-order valence-electron chi connectivity index (χ0n) is 13.0. The van der Waals surface area contributed by atoms with Crippen molar-refractivity contribution in [2.75, 3.05) is 13.1 Å². The second kappa shape index (κ2) is 7.56. The van der Waals surface area contributed by atoms with Crippen molar-refractivity contribution in [1.29, 1.82) is 0 Å². The molecule has 0 aliphatic carbocycles. The highest BCUT2D eigenvalue weighted by molar-refractivity contribution is 7.89. The van der Waals surface area contributed by atoms with Gasteiger partial charge in [0.05, 0.1) is 4.90 Å². The van der Waals surface area contributed by atoms with E-state index in [9.17, 15) is 18.0 Å². The molecule has 0 aromatic heterocycles. The molecule has 7 nitrogen and oxygen atoms in total. The standard InChI is InChI=1S/C15H21N3O4S/c1-12(19)16-17-15(20)13-7-6-8-14(11-13)23(21,22)18-9-4-2-3-5-10-18/h6-8,11H,2-5,9-10H2,1H3,(H,16,19)(H,17,20). The summed E-state index contributed by atoms with van der Waals surface area (Å²) in [7, 11) is -3.61. The van der Waals surface area contributed by atoms with E-state index in [1.54, 1.807) is 0 Å². The highest BCUT2D eigenvalue weighted by Crippen LogP contribution is 2.21. The Morgan fingerprint density at radius 2 is 1.70 bits per heavy atom. The number of hydrogen-bond donors (Lipinski definition) is 2. The highest BCUT2D eigenvalue weighted by Gasteiger charge is 2.25. The monoisotopic (exact) mass is 339 g/mol. The fourth-order valence-electron chi connectivity index (χ4n) is 2.45. The van der Waals surface area contributed by atoms with Crippen LogP contribution in [-0.2, 0) is 14.8 Å². The topological polar surface area (TPSA) is 95.6 Å². The van der Waals surface area contributed by atoms with Crippen LogP contribution in [0.5, 0.6) is 0 Å². The normalized spacial score (nSPS) is 16.4. The van der Waals surface area contributed by atoms with Crippen LogP contribution < -0.4 is 10.9 Å². The zero-order chi connectivity index (χ0) is 16.9. The van der Waals surface area contributed by atoms with Crippen molar-refractivity contribution in [3.05, 3.63) is 29.8 Å². The molecule has 8 heteroatoms. The average Bonchev–Trinajstić information content (AvgIpc) is 2.82. The van der Waals surface area contributed by atoms with Crippen LogP contribution in [0.25, 0.3) is 0 Å². The van der Waals surface area contributed by atoms with Gasteiger partial charge in [0, 0.05) is 25.6 Å². The van der Waals surface area contributed by atoms with Crippen LogP contribution in [0.2, 0.25) is 0 Å². The summed E-state index contributed by atoms with van der Waals surface area (Å²) in [4.78, 5) is 22.8. The Labute approximate surface area is 136 Å². The second-order valence-corrected chi connectivity index (χ2v) is 7.42. The van der Waals surface area contributed by atoms with E-state index < -0.39 is 21.8 Å². The first-order chi connectivity index (χ1) is 10.9. The fourth-order valence-corrected chi connectivity index (χ4v) is 4.01. The molecule has 2 amide bonds. The van der Waals surface area contributed by atoms with Crippen molar-refractivity contribution >= 4 is 21.8 Å². The van der Waals surface area contributed by atoms with Crippen LogP contribution in [0.15, 0.2) is 29.2 Å². The van der Waals surface area contributed by atoms with Crippen molar-refractivity contribution in [1.82, 2.24) is 15.2 Å². The van der Waals surface area contributed by atoms with E-state index in [0.717, 1.165) is 25.7 Å². The number of carbonyl (C=O) groups is 2. The number of nitrogens with one attached hydrogen (secondary N) is 2. The van der Waals surface area contributed by atoms with Gasteiger partial charge in [-0.15, -0.1) is 0 Å². The molecule has 0 bridgehead atoms. The van der Waals surface area contributed by atoms with Gasteiger partial charge in [0.15, 0.2) is 0 Å². The van der Waals surface area contributed by atoms with E-state index in [-0.39, 0.29) is 10.5 Å². The molecule has 0 spiro atoms. The first kappa shape index (κ1) is 17.4. The predicted octanol–water partition coefficient (Wildman–Crippen LogP) is 1.03. The van der Waals surface area contributed by atoms with Gasteiger partial charge >= 0.3 is 0 Å². The zero-order valence-corrected chi connectivity index (χ0v) is 13.9. The van der Waals surface area contributed by atoms with E-state index in [1.807, 2.05) is 0 Å². The maximum Gasteiger partial charge on any atom is 0.269 e. The number of benzene rings is 1. The Hall–Kier alpha value is -1.93. The summed E-state index contributed by atoms with van der Waals surface area (Å²) in [5, 5.41) is 0. The molecule has 1 aliphatic rings. The van der Waals surface area contributed by atoms with Crippen molar-refractivity contribution in [2.45, 2.75) is 37.5 Å². The molecule has 126 valence electrons. The van der Waals surface area contributed by atoms with Crippen molar-refractivity contribution < 1.29 is 18.0 Å². The highest BCUT2D eigenvalue weighted by atomic mass is 32.2. The molecule has 2 rings (SSSR count). The third kappa shape index (κ3) is 4.52. The SMILES string of the molecule is CC(=O)NNC(=O)c1cccc(S(=O)(=O)N2CCCCCC2)c1. The summed E-state index contributed by atoms with van der Waals surface area (Å²) in [6, 6.07) is 5.83. The summed E-state index contributed by atoms with van der Waals surface area (Å²) in [5.41, 5.74) is 4.57. The summed E-state index contributed by atoms with van der Waals surface area (Å²) in [6.07, 6.45) is 3.76. The van der Waals surface area contributed by atoms with Crippen LogP contribution >= 0.6 is 0 Å². The minimum Gasteiger partial charge on any atom is -0.274 e. The predicted molar refractivity (Wildman–Crippen MR) is 85.0 cm³/mol. The van der Waals surface area contributed by atoms with Gasteiger partial charge in [-0.1, -0.05) is 18.9 Å². The maximum absolute atomic E-state index is 12.7. The van der Waals surface area contributed by atoms with Gasteiger partial charge in [0.1, 0.15) is 0 Å². The molecule has 1 fully saturated rings. The van der Waals surface area contributed by atoms with Crippen LogP contribution in [0, 0.1) is 0 Å². The molecule has 1 aromatic carbocycles. The van der Waals surface area contributed by atoms with Crippen LogP contribution in [-0.4, -0.2) is 37.6 Å². The average molecular weight is 339 g/mol. The van der Waals surface area contributed by atoms with Gasteiger partial charge in [0.2, 0.25) is 15.9 Å². The minimum absolute atomic E-state index is 0.0925. The Balaban J connectivity index is 2.20. The first-order valence-electron chi connectivity index (χ1n) is 7.58. The maximum atomic E-state index is 12.7. The van der Waals surface area contributed by atoms with Crippen molar-refractivity contribution in [3.8, 4) is 0 Å². The molecule has 1 heterocycles. The Kier molecular flexibility index (Phi) is 5.73. The molecule has 0 saturated carbocycles. The summed E-state index contributed by atoms with van der Waals surface area (Å²) < 4.78 is 26.9. The molecule has 2 N–H and O–H groups in total. The summed E-state index contributed by atoms with van der Waals surface area (Å²) in [6.45, 7) is 2.27. The van der Waals surface area contributed by atoms with Crippen molar-refractivity contribution in [3.63, 3.8) is 0 Å². The molecule has 1 saturated heterocycles. The lowest BCUT2D eigenvalue weighted by Gasteiger charge is -2.20. The van der Waals surface area contributed by atoms with Gasteiger partial charge in [-0.05, 0) is 31.0 Å². The molecule has 1 aliphatic heterocycles. The third-order valence-corrected chi connectivity index (χ3v) is 5.55. The smallest absolute Gasteiger partial charge is 0.269 e. The van der Waals surface area contributed by atoms with E-state index in [4.69, 9.17) is 0 Å². The summed E-state index contributed by atoms with van der Waals surface area (Å²) >= 11 is 0. The van der Waals surface area contributed by atoms with Crippen LogP contribution in [0.4, 0.5) is 0 Å². The fraction of sp³-hybridized carbons (Fsp3) is 0.467. The lowest BCUT2D eigenvalue weighted by atomic mass is 10.2. The van der Waals surface area contributed by atoms with Gasteiger partial charge in [0.25, 0.3) is 5.91 Å². The van der Waals surface area contributed by atoms with Crippen LogP contribution in [0.3, 0.4) is 0 Å². The van der Waals surface area contributed by atoms with E-state index >= 15 is 0 Å². The van der Waals surface area contributed by atoms with Gasteiger partial charge < -0.3 is 0 Å². The van der Waals surface area contributed by atoms with E-state index in [1.165, 1.54) is 35.5 Å². The lowest BCUT2D eigenvalue weighted by molar-refractivity contribution is -0.119. The summed E-state index contributed by atoms with van der Waals surface area (Å²) in [5.74, 6) is -0.972. The van der Waals surface area contributed by atoms with E-state index in [0.29, 0.717) is 13.1 Å². The molecule has 1 aromatic rings. The van der Waals surface area contributed by atoms with Gasteiger partial charge in [-0.25, -0.2) is 8.42 Å². The molecule has 0 atom stereocenters. The van der Waals surface area contributed by atoms with Gasteiger partial charge in [-0.2, -0.15) is 4.31 Å². The lowest BCUT2D eigenvalue weighted by Crippen LogP contribution is -2.40. The van der Waals surface area contributed by atoms with Gasteiger partial charge in [-0.3, -0.25) is 20.4 Å². The largest absolute Gasteiger partial charge is 0.274 e. The number of hydrazine groups is 1. The minimum atomic E-state index is -3.61. The number of nitrogens with zero attached hydrogens (tertiary/aromatic N) is 1. The Morgan fingerprint density at radius 1 is 1.04 bits per heavy atom. The quantitative estimate of drug-likeness (QED) is 0.804. The Morgan fingerprint density at radius 3 is 2.30 bits per heavy atom. The number of carbonyl (C=O) groups excluding carboxylic acids is 2. The molecule has 0 unspecified atom stereocenters.